The second kappa shape index (κ2) is 3.86. The Bertz CT molecular complexity index is 324. The summed E-state index contributed by atoms with van der Waals surface area (Å²) in [7, 11) is 0. The summed E-state index contributed by atoms with van der Waals surface area (Å²) in [6, 6.07) is 3.59. The Balaban J connectivity index is 2.07. The fraction of sp³-hybridized carbons (Fsp3) is 0.545. The maximum absolute atomic E-state index is 11.8. The molecule has 1 saturated heterocycles. The number of aryl methyl sites for hydroxylation is 1. The minimum absolute atomic E-state index is 0.0396. The monoisotopic (exact) mass is 193 g/mol. The highest BCUT2D eigenvalue weighted by molar-refractivity contribution is 5.91. The van der Waals surface area contributed by atoms with Crippen LogP contribution in [0.4, 0.5) is 0 Å². The van der Waals surface area contributed by atoms with Gasteiger partial charge in [-0.15, -0.1) is 0 Å². The number of nitrogens with zero attached hydrogens (tertiary/aromatic N) is 1. The first-order chi connectivity index (χ1) is 6.77. The molecule has 0 aliphatic carbocycles. The van der Waals surface area contributed by atoms with Crippen LogP contribution < -0.4 is 0 Å². The van der Waals surface area contributed by atoms with Crippen LogP contribution in [0.15, 0.2) is 16.5 Å². The molecule has 1 aromatic rings. The van der Waals surface area contributed by atoms with Gasteiger partial charge < -0.3 is 9.32 Å². The summed E-state index contributed by atoms with van der Waals surface area (Å²) >= 11 is 0. The minimum atomic E-state index is 0.0396. The molecule has 1 aromatic heterocycles. The van der Waals surface area contributed by atoms with Crippen molar-refractivity contribution >= 4 is 5.91 Å². The first kappa shape index (κ1) is 9.31. The van der Waals surface area contributed by atoms with E-state index in [0.29, 0.717) is 5.76 Å². The van der Waals surface area contributed by atoms with Gasteiger partial charge in [-0.05, 0) is 38.3 Å². The van der Waals surface area contributed by atoms with E-state index in [1.54, 1.807) is 6.07 Å². The lowest BCUT2D eigenvalue weighted by Gasteiger charge is -2.25. The Labute approximate surface area is 83.7 Å². The van der Waals surface area contributed by atoms with Gasteiger partial charge in [0.1, 0.15) is 5.76 Å². The molecule has 0 bridgehead atoms. The van der Waals surface area contributed by atoms with E-state index >= 15 is 0 Å². The lowest BCUT2D eigenvalue weighted by molar-refractivity contribution is 0.0691. The van der Waals surface area contributed by atoms with Crippen LogP contribution in [0.25, 0.3) is 0 Å². The third-order valence-electron chi connectivity index (χ3n) is 2.59. The van der Waals surface area contributed by atoms with Crippen LogP contribution in [0, 0.1) is 6.92 Å². The van der Waals surface area contributed by atoms with Crippen LogP contribution in [0.1, 0.15) is 35.6 Å². The van der Waals surface area contributed by atoms with Gasteiger partial charge in [-0.25, -0.2) is 0 Å². The molecule has 0 aromatic carbocycles. The number of hydrogen-bond acceptors (Lipinski definition) is 2. The maximum atomic E-state index is 11.8. The van der Waals surface area contributed by atoms with Crippen molar-refractivity contribution in [3.05, 3.63) is 23.7 Å². The largest absolute Gasteiger partial charge is 0.456 e. The van der Waals surface area contributed by atoms with Crippen molar-refractivity contribution in [2.24, 2.45) is 0 Å². The maximum Gasteiger partial charge on any atom is 0.289 e. The fourth-order valence-electron chi connectivity index (χ4n) is 1.80. The number of likely N-dealkylation sites (tertiary alicyclic amines) is 1. The zero-order valence-electron chi connectivity index (χ0n) is 8.45. The molecule has 1 aliphatic rings. The van der Waals surface area contributed by atoms with Crippen molar-refractivity contribution in [3.8, 4) is 0 Å². The normalized spacial score (nSPS) is 17.1. The molecule has 3 heteroatoms. The highest BCUT2D eigenvalue weighted by Gasteiger charge is 2.20. The molecule has 14 heavy (non-hydrogen) atoms. The summed E-state index contributed by atoms with van der Waals surface area (Å²) < 4.78 is 5.31. The Morgan fingerprint density at radius 2 is 2.00 bits per heavy atom. The zero-order valence-corrected chi connectivity index (χ0v) is 8.45. The molecule has 76 valence electrons. The number of hydrogen-bond donors (Lipinski definition) is 0. The average Bonchev–Trinajstić information content (AvgIpc) is 2.65. The van der Waals surface area contributed by atoms with Gasteiger partial charge >= 0.3 is 0 Å². The van der Waals surface area contributed by atoms with Crippen LogP contribution in [0.2, 0.25) is 0 Å². The number of rotatable bonds is 1. The van der Waals surface area contributed by atoms with Crippen LogP contribution in [0.3, 0.4) is 0 Å². The quantitative estimate of drug-likeness (QED) is 0.685. The van der Waals surface area contributed by atoms with E-state index in [2.05, 4.69) is 0 Å². The molecule has 0 spiro atoms. The molecule has 1 fully saturated rings. The van der Waals surface area contributed by atoms with E-state index in [1.807, 2.05) is 17.9 Å². The van der Waals surface area contributed by atoms with Gasteiger partial charge in [0.15, 0.2) is 5.76 Å². The Kier molecular flexibility index (Phi) is 2.57. The molecule has 3 nitrogen and oxygen atoms in total. The average molecular weight is 193 g/mol. The lowest BCUT2D eigenvalue weighted by Crippen LogP contribution is -2.35. The number of furan rings is 1. The molecule has 0 radical (unpaired) electrons. The molecule has 0 atom stereocenters. The topological polar surface area (TPSA) is 33.5 Å². The smallest absolute Gasteiger partial charge is 0.289 e. The van der Waals surface area contributed by atoms with Crippen LogP contribution in [0.5, 0.6) is 0 Å². The summed E-state index contributed by atoms with van der Waals surface area (Å²) in [6.07, 6.45) is 3.47. The van der Waals surface area contributed by atoms with Crippen LogP contribution in [-0.2, 0) is 0 Å². The number of carbonyl (C=O) groups excluding carboxylic acids is 1. The summed E-state index contributed by atoms with van der Waals surface area (Å²) in [5, 5.41) is 0. The lowest BCUT2D eigenvalue weighted by atomic mass is 10.1. The minimum Gasteiger partial charge on any atom is -0.456 e. The third kappa shape index (κ3) is 1.81. The van der Waals surface area contributed by atoms with Gasteiger partial charge in [-0.1, -0.05) is 0 Å². The molecule has 1 aliphatic heterocycles. The van der Waals surface area contributed by atoms with Gasteiger partial charge in [0, 0.05) is 13.1 Å². The highest BCUT2D eigenvalue weighted by atomic mass is 16.3. The van der Waals surface area contributed by atoms with Gasteiger partial charge in [0.05, 0.1) is 0 Å². The van der Waals surface area contributed by atoms with Gasteiger partial charge in [0.2, 0.25) is 0 Å². The Morgan fingerprint density at radius 3 is 2.57 bits per heavy atom. The molecule has 0 N–H and O–H groups in total. The molecule has 2 rings (SSSR count). The van der Waals surface area contributed by atoms with E-state index in [0.717, 1.165) is 31.7 Å². The summed E-state index contributed by atoms with van der Waals surface area (Å²) in [4.78, 5) is 13.7. The molecule has 0 unspecified atom stereocenters. The van der Waals surface area contributed by atoms with Crippen molar-refractivity contribution in [1.29, 1.82) is 0 Å². The number of piperidine rings is 1. The number of amides is 1. The van der Waals surface area contributed by atoms with E-state index in [4.69, 9.17) is 4.42 Å². The zero-order chi connectivity index (χ0) is 9.97. The predicted molar refractivity (Wildman–Crippen MR) is 53.2 cm³/mol. The van der Waals surface area contributed by atoms with Crippen molar-refractivity contribution < 1.29 is 9.21 Å². The number of carbonyl (C=O) groups is 1. The summed E-state index contributed by atoms with van der Waals surface area (Å²) in [6.45, 7) is 3.60. The van der Waals surface area contributed by atoms with Crippen molar-refractivity contribution in [2.75, 3.05) is 13.1 Å². The standard InChI is InChI=1S/C11H15NO2/c1-9-5-6-10(14-9)11(13)12-7-3-2-4-8-12/h5-6H,2-4,7-8H2,1H3. The van der Waals surface area contributed by atoms with E-state index in [9.17, 15) is 4.79 Å². The second-order valence-electron chi connectivity index (χ2n) is 3.76. The summed E-state index contributed by atoms with van der Waals surface area (Å²) in [5.74, 6) is 1.31. The van der Waals surface area contributed by atoms with E-state index in [1.165, 1.54) is 6.42 Å². The SMILES string of the molecule is Cc1ccc(C(=O)N2CCCCC2)o1. The predicted octanol–water partition coefficient (Wildman–Crippen LogP) is 2.21. The van der Waals surface area contributed by atoms with Gasteiger partial charge in [0.25, 0.3) is 5.91 Å². The van der Waals surface area contributed by atoms with Gasteiger partial charge in [-0.2, -0.15) is 0 Å². The van der Waals surface area contributed by atoms with Crippen LogP contribution in [-0.4, -0.2) is 23.9 Å². The Morgan fingerprint density at radius 1 is 1.29 bits per heavy atom. The van der Waals surface area contributed by atoms with Crippen molar-refractivity contribution in [1.82, 2.24) is 4.90 Å². The first-order valence-corrected chi connectivity index (χ1v) is 5.13. The molecule has 2 heterocycles. The van der Waals surface area contributed by atoms with Gasteiger partial charge in [-0.3, -0.25) is 4.79 Å². The molecular weight excluding hydrogens is 178 g/mol. The van der Waals surface area contributed by atoms with Crippen molar-refractivity contribution in [3.63, 3.8) is 0 Å². The van der Waals surface area contributed by atoms with Crippen LogP contribution >= 0.6 is 0 Å². The first-order valence-electron chi connectivity index (χ1n) is 5.13. The fourth-order valence-corrected chi connectivity index (χ4v) is 1.80. The molecular formula is C11H15NO2. The highest BCUT2D eigenvalue weighted by Crippen LogP contribution is 2.14. The Hall–Kier alpha value is -1.25. The second-order valence-corrected chi connectivity index (χ2v) is 3.76. The molecule has 0 saturated carbocycles. The molecule has 1 amide bonds. The van der Waals surface area contributed by atoms with E-state index < -0.39 is 0 Å². The summed E-state index contributed by atoms with van der Waals surface area (Å²) in [5.41, 5.74) is 0. The van der Waals surface area contributed by atoms with E-state index in [-0.39, 0.29) is 5.91 Å². The third-order valence-corrected chi connectivity index (χ3v) is 2.59. The van der Waals surface area contributed by atoms with Crippen molar-refractivity contribution in [2.45, 2.75) is 26.2 Å².